The van der Waals surface area contributed by atoms with Gasteiger partial charge in [-0.2, -0.15) is 13.2 Å². The van der Waals surface area contributed by atoms with Crippen LogP contribution < -0.4 is 4.74 Å². The van der Waals surface area contributed by atoms with Crippen LogP contribution in [0.4, 0.5) is 26.3 Å². The summed E-state index contributed by atoms with van der Waals surface area (Å²) in [5.41, 5.74) is -1.57. The lowest BCUT2D eigenvalue weighted by molar-refractivity contribution is -0.274. The van der Waals surface area contributed by atoms with Crippen LogP contribution in [0.5, 0.6) is 5.75 Å². The van der Waals surface area contributed by atoms with Gasteiger partial charge >= 0.3 is 18.5 Å². The monoisotopic (exact) mass is 364 g/mol. The lowest BCUT2D eigenvalue weighted by Crippen LogP contribution is -2.17. The molecule has 2 aromatic carbocycles. The molecule has 0 spiro atoms. The van der Waals surface area contributed by atoms with Crippen molar-refractivity contribution in [1.82, 2.24) is 0 Å². The van der Waals surface area contributed by atoms with E-state index in [9.17, 15) is 31.1 Å². The predicted octanol–water partition coefficient (Wildman–Crippen LogP) is 5.06. The molecule has 0 aromatic heterocycles. The van der Waals surface area contributed by atoms with Gasteiger partial charge in [0.2, 0.25) is 0 Å². The topological polar surface area (TPSA) is 35.5 Å². The summed E-state index contributed by atoms with van der Waals surface area (Å²) in [6, 6.07) is 6.55. The van der Waals surface area contributed by atoms with E-state index in [0.29, 0.717) is 12.1 Å². The fourth-order valence-corrected chi connectivity index (χ4v) is 2.11. The molecule has 2 rings (SSSR count). The summed E-state index contributed by atoms with van der Waals surface area (Å²) < 4.78 is 83.9. The van der Waals surface area contributed by atoms with Gasteiger partial charge in [-0.15, -0.1) is 13.2 Å². The summed E-state index contributed by atoms with van der Waals surface area (Å²) >= 11 is 0. The molecule has 134 valence electrons. The van der Waals surface area contributed by atoms with Crippen LogP contribution in [0.25, 0.3) is 11.1 Å². The average molecular weight is 364 g/mol. The van der Waals surface area contributed by atoms with E-state index in [1.807, 2.05) is 0 Å². The standard InChI is InChI=1S/C16H10F6O3/c1-24-14(23)12-6-5-10(15(17,18)19)8-13(12)9-3-2-4-11(7-9)25-16(20,21)22/h2-8H,1H3. The molecule has 9 heteroatoms. The molecule has 0 unspecified atom stereocenters. The highest BCUT2D eigenvalue weighted by atomic mass is 19.4. The van der Waals surface area contributed by atoms with Crippen LogP contribution in [0.1, 0.15) is 15.9 Å². The van der Waals surface area contributed by atoms with E-state index in [4.69, 9.17) is 0 Å². The van der Waals surface area contributed by atoms with Gasteiger partial charge in [0.05, 0.1) is 18.2 Å². The van der Waals surface area contributed by atoms with Crippen LogP contribution in [0.15, 0.2) is 42.5 Å². The number of ether oxygens (including phenoxy) is 2. The summed E-state index contributed by atoms with van der Waals surface area (Å²) in [5, 5.41) is 0. The molecule has 2 aromatic rings. The molecule has 0 heterocycles. The third-order valence-corrected chi connectivity index (χ3v) is 3.13. The Hall–Kier alpha value is -2.71. The van der Waals surface area contributed by atoms with Gasteiger partial charge in [-0.25, -0.2) is 4.79 Å². The van der Waals surface area contributed by atoms with Crippen LogP contribution in [-0.4, -0.2) is 19.4 Å². The number of rotatable bonds is 3. The summed E-state index contributed by atoms with van der Waals surface area (Å²) in [7, 11) is 1.03. The highest BCUT2D eigenvalue weighted by Crippen LogP contribution is 2.36. The second-order valence-electron chi connectivity index (χ2n) is 4.83. The van der Waals surface area contributed by atoms with Crippen molar-refractivity contribution in [2.75, 3.05) is 7.11 Å². The number of alkyl halides is 6. The van der Waals surface area contributed by atoms with Gasteiger partial charge in [0, 0.05) is 0 Å². The number of esters is 1. The largest absolute Gasteiger partial charge is 0.573 e. The van der Waals surface area contributed by atoms with Crippen molar-refractivity contribution in [2.24, 2.45) is 0 Å². The molecular weight excluding hydrogens is 354 g/mol. The van der Waals surface area contributed by atoms with Crippen molar-refractivity contribution >= 4 is 5.97 Å². The predicted molar refractivity (Wildman–Crippen MR) is 74.9 cm³/mol. The first-order valence-corrected chi connectivity index (χ1v) is 6.67. The Kier molecular flexibility index (Phi) is 4.96. The summed E-state index contributed by atoms with van der Waals surface area (Å²) in [6.45, 7) is 0. The number of benzene rings is 2. The van der Waals surface area contributed by atoms with Crippen LogP contribution in [0.3, 0.4) is 0 Å². The zero-order chi connectivity index (χ0) is 18.8. The van der Waals surface area contributed by atoms with E-state index < -0.39 is 29.8 Å². The van der Waals surface area contributed by atoms with Crippen LogP contribution in [-0.2, 0) is 10.9 Å². The van der Waals surface area contributed by atoms with E-state index in [2.05, 4.69) is 9.47 Å². The van der Waals surface area contributed by atoms with E-state index in [0.717, 1.165) is 31.4 Å². The number of carbonyl (C=O) groups excluding carboxylic acids is 1. The number of methoxy groups -OCH3 is 1. The van der Waals surface area contributed by atoms with Gasteiger partial charge in [-0.1, -0.05) is 12.1 Å². The first kappa shape index (κ1) is 18.6. The fraction of sp³-hybridized carbons (Fsp3) is 0.188. The van der Waals surface area contributed by atoms with E-state index in [1.54, 1.807) is 0 Å². The molecule has 0 aliphatic carbocycles. The van der Waals surface area contributed by atoms with Crippen molar-refractivity contribution < 1.29 is 40.6 Å². The quantitative estimate of drug-likeness (QED) is 0.564. The number of hydrogen-bond acceptors (Lipinski definition) is 3. The number of halogens is 6. The minimum absolute atomic E-state index is 0.0618. The van der Waals surface area contributed by atoms with Gasteiger partial charge in [0.15, 0.2) is 0 Å². The van der Waals surface area contributed by atoms with E-state index >= 15 is 0 Å². The molecule has 0 radical (unpaired) electrons. The lowest BCUT2D eigenvalue weighted by Gasteiger charge is -2.14. The minimum atomic E-state index is -4.96. The third-order valence-electron chi connectivity index (χ3n) is 3.13. The van der Waals surface area contributed by atoms with Gasteiger partial charge in [0.1, 0.15) is 5.75 Å². The minimum Gasteiger partial charge on any atom is -0.465 e. The maximum Gasteiger partial charge on any atom is 0.573 e. The zero-order valence-electron chi connectivity index (χ0n) is 12.5. The van der Waals surface area contributed by atoms with Gasteiger partial charge in [0.25, 0.3) is 0 Å². The van der Waals surface area contributed by atoms with E-state index in [-0.39, 0.29) is 16.7 Å². The normalized spacial score (nSPS) is 12.0. The van der Waals surface area contributed by atoms with Gasteiger partial charge < -0.3 is 9.47 Å². The molecular formula is C16H10F6O3. The molecule has 0 N–H and O–H groups in total. The number of hydrogen-bond donors (Lipinski definition) is 0. The third kappa shape index (κ3) is 4.65. The van der Waals surface area contributed by atoms with Crippen molar-refractivity contribution in [3.63, 3.8) is 0 Å². The molecule has 0 saturated heterocycles. The lowest BCUT2D eigenvalue weighted by atomic mass is 9.97. The maximum atomic E-state index is 12.9. The van der Waals surface area contributed by atoms with Crippen LogP contribution >= 0.6 is 0 Å². The molecule has 0 amide bonds. The second kappa shape index (κ2) is 6.66. The highest BCUT2D eigenvalue weighted by Gasteiger charge is 2.33. The Morgan fingerprint density at radius 3 is 2.20 bits per heavy atom. The Morgan fingerprint density at radius 2 is 1.64 bits per heavy atom. The molecule has 0 aliphatic heterocycles. The van der Waals surface area contributed by atoms with Crippen molar-refractivity contribution in [2.45, 2.75) is 12.5 Å². The maximum absolute atomic E-state index is 12.9. The second-order valence-corrected chi connectivity index (χ2v) is 4.83. The Balaban J connectivity index is 2.59. The Bertz CT molecular complexity index is 780. The fourth-order valence-electron chi connectivity index (χ4n) is 2.11. The number of carbonyl (C=O) groups is 1. The molecule has 0 aliphatic rings. The first-order chi connectivity index (χ1) is 11.5. The molecule has 3 nitrogen and oxygen atoms in total. The zero-order valence-corrected chi connectivity index (χ0v) is 12.5. The summed E-state index contributed by atoms with van der Waals surface area (Å²) in [5.74, 6) is -1.55. The average Bonchev–Trinajstić information content (AvgIpc) is 2.51. The molecule has 0 fully saturated rings. The summed E-state index contributed by atoms with van der Waals surface area (Å²) in [6.07, 6.45) is -9.65. The van der Waals surface area contributed by atoms with Crippen molar-refractivity contribution in [3.05, 3.63) is 53.6 Å². The van der Waals surface area contributed by atoms with Crippen molar-refractivity contribution in [3.8, 4) is 16.9 Å². The Labute approximate surface area is 137 Å². The van der Waals surface area contributed by atoms with Crippen LogP contribution in [0, 0.1) is 0 Å². The Morgan fingerprint density at radius 1 is 0.960 bits per heavy atom. The van der Waals surface area contributed by atoms with Crippen molar-refractivity contribution in [1.29, 1.82) is 0 Å². The highest BCUT2D eigenvalue weighted by molar-refractivity contribution is 5.97. The first-order valence-electron chi connectivity index (χ1n) is 6.67. The van der Waals surface area contributed by atoms with Gasteiger partial charge in [-0.3, -0.25) is 0 Å². The van der Waals surface area contributed by atoms with E-state index in [1.165, 1.54) is 6.07 Å². The molecule has 0 atom stereocenters. The van der Waals surface area contributed by atoms with Crippen LogP contribution in [0.2, 0.25) is 0 Å². The smallest absolute Gasteiger partial charge is 0.465 e. The SMILES string of the molecule is COC(=O)c1ccc(C(F)(F)F)cc1-c1cccc(OC(F)(F)F)c1. The molecule has 0 saturated carbocycles. The molecule has 25 heavy (non-hydrogen) atoms. The molecule has 0 bridgehead atoms. The van der Waals surface area contributed by atoms with Gasteiger partial charge in [-0.05, 0) is 41.5 Å². The summed E-state index contributed by atoms with van der Waals surface area (Å²) in [4.78, 5) is 11.8.